The highest BCUT2D eigenvalue weighted by molar-refractivity contribution is 7.89. The van der Waals surface area contributed by atoms with Gasteiger partial charge in [-0.05, 0) is 54.3 Å². The van der Waals surface area contributed by atoms with Gasteiger partial charge >= 0.3 is 0 Å². The van der Waals surface area contributed by atoms with Gasteiger partial charge in [0, 0.05) is 51.4 Å². The normalized spacial score (nSPS) is 17.8. The smallest absolute Gasteiger partial charge is 0.244 e. The van der Waals surface area contributed by atoms with E-state index in [9.17, 15) is 13.2 Å². The second-order valence-electron chi connectivity index (χ2n) is 8.99. The summed E-state index contributed by atoms with van der Waals surface area (Å²) >= 11 is 0. The van der Waals surface area contributed by atoms with Gasteiger partial charge in [0.2, 0.25) is 15.9 Å². The minimum atomic E-state index is -3.46. The van der Waals surface area contributed by atoms with Crippen LogP contribution in [0.4, 0.5) is 0 Å². The Balaban J connectivity index is 1.28. The lowest BCUT2D eigenvalue weighted by molar-refractivity contribution is -0.116. The molecule has 0 aromatic heterocycles. The number of piperazine rings is 1. The summed E-state index contributed by atoms with van der Waals surface area (Å²) in [7, 11) is -3.46. The lowest BCUT2D eigenvalue weighted by Crippen LogP contribution is -2.45. The Labute approximate surface area is 202 Å². The number of carbonyl (C=O) groups excluding carboxylic acids is 1. The number of sulfonamides is 1. The number of amides is 1. The molecule has 7 nitrogen and oxygen atoms in total. The zero-order valence-electron chi connectivity index (χ0n) is 19.7. The van der Waals surface area contributed by atoms with Crippen LogP contribution in [-0.2, 0) is 27.9 Å². The summed E-state index contributed by atoms with van der Waals surface area (Å²) in [4.78, 5) is 17.6. The molecule has 182 valence electrons. The standard InChI is InChI=1S/C26H34N4O3S/c1-2-29-15-17-30(18-16-29)20-23-6-4-3-5-22(23)19-27-26(31)14-9-21-7-12-25(13-8-21)34(32,33)28-24-10-11-24/h3-9,12-14,24,28H,2,10-11,15-20H2,1H3,(H,27,31)/b14-9+. The summed E-state index contributed by atoms with van der Waals surface area (Å²) < 4.78 is 27.2. The van der Waals surface area contributed by atoms with Gasteiger partial charge in [-0.15, -0.1) is 0 Å². The molecule has 1 saturated heterocycles. The molecule has 0 spiro atoms. The van der Waals surface area contributed by atoms with Gasteiger partial charge in [-0.3, -0.25) is 9.69 Å². The lowest BCUT2D eigenvalue weighted by Gasteiger charge is -2.34. The van der Waals surface area contributed by atoms with Crippen molar-refractivity contribution in [3.05, 3.63) is 71.3 Å². The molecule has 2 aromatic carbocycles. The molecule has 4 rings (SSSR count). The summed E-state index contributed by atoms with van der Waals surface area (Å²) in [5, 5.41) is 2.97. The largest absolute Gasteiger partial charge is 0.348 e. The number of likely N-dealkylation sites (N-methyl/N-ethyl adjacent to an activating group) is 1. The van der Waals surface area contributed by atoms with E-state index < -0.39 is 10.0 Å². The van der Waals surface area contributed by atoms with E-state index >= 15 is 0 Å². The number of nitrogens with zero attached hydrogens (tertiary/aromatic N) is 2. The van der Waals surface area contributed by atoms with E-state index in [0.29, 0.717) is 6.54 Å². The predicted octanol–water partition coefficient (Wildman–Crippen LogP) is 2.59. The van der Waals surface area contributed by atoms with Crippen molar-refractivity contribution >= 4 is 22.0 Å². The van der Waals surface area contributed by atoms with Crippen molar-refractivity contribution in [2.45, 2.75) is 43.8 Å². The maximum Gasteiger partial charge on any atom is 0.244 e. The molecule has 8 heteroatoms. The number of hydrogen-bond acceptors (Lipinski definition) is 5. The van der Waals surface area contributed by atoms with Crippen LogP contribution >= 0.6 is 0 Å². The molecule has 34 heavy (non-hydrogen) atoms. The highest BCUT2D eigenvalue weighted by atomic mass is 32.2. The number of benzene rings is 2. The van der Waals surface area contributed by atoms with Gasteiger partial charge in [0.15, 0.2) is 0 Å². The van der Waals surface area contributed by atoms with E-state index in [1.54, 1.807) is 30.3 Å². The maximum absolute atomic E-state index is 12.4. The molecule has 1 saturated carbocycles. The van der Waals surface area contributed by atoms with Crippen LogP contribution in [0.25, 0.3) is 6.08 Å². The van der Waals surface area contributed by atoms with Gasteiger partial charge in [0.05, 0.1) is 4.90 Å². The highest BCUT2D eigenvalue weighted by Gasteiger charge is 2.27. The van der Waals surface area contributed by atoms with Crippen LogP contribution in [0.5, 0.6) is 0 Å². The van der Waals surface area contributed by atoms with Crippen molar-refractivity contribution in [1.29, 1.82) is 0 Å². The van der Waals surface area contributed by atoms with Crippen LogP contribution < -0.4 is 10.0 Å². The fraction of sp³-hybridized carbons (Fsp3) is 0.423. The zero-order valence-corrected chi connectivity index (χ0v) is 20.6. The molecule has 2 N–H and O–H groups in total. The molecule has 2 aliphatic rings. The SMILES string of the molecule is CCN1CCN(Cc2ccccc2CNC(=O)/C=C/c2ccc(S(=O)(=O)NC3CC3)cc2)CC1. The fourth-order valence-electron chi connectivity index (χ4n) is 4.05. The Morgan fingerprint density at radius 1 is 0.971 bits per heavy atom. The third-order valence-electron chi connectivity index (χ3n) is 6.39. The molecule has 2 aromatic rings. The van der Waals surface area contributed by atoms with Gasteiger partial charge in [0.1, 0.15) is 0 Å². The van der Waals surface area contributed by atoms with Crippen LogP contribution in [0.2, 0.25) is 0 Å². The fourth-order valence-corrected chi connectivity index (χ4v) is 5.35. The Hall–Kier alpha value is -2.52. The third-order valence-corrected chi connectivity index (χ3v) is 7.93. The molecular weight excluding hydrogens is 448 g/mol. The quantitative estimate of drug-likeness (QED) is 0.509. The Morgan fingerprint density at radius 3 is 2.26 bits per heavy atom. The van der Waals surface area contributed by atoms with Crippen molar-refractivity contribution in [3.63, 3.8) is 0 Å². The number of hydrogen-bond donors (Lipinski definition) is 2. The molecule has 0 atom stereocenters. The second-order valence-corrected chi connectivity index (χ2v) is 10.7. The number of carbonyl (C=O) groups is 1. The van der Waals surface area contributed by atoms with E-state index in [1.165, 1.54) is 11.6 Å². The number of rotatable bonds is 10. The third kappa shape index (κ3) is 6.99. The van der Waals surface area contributed by atoms with Crippen molar-refractivity contribution in [1.82, 2.24) is 19.8 Å². The van der Waals surface area contributed by atoms with Crippen LogP contribution in [-0.4, -0.2) is 62.9 Å². The zero-order chi connectivity index (χ0) is 24.0. The second kappa shape index (κ2) is 11.3. The van der Waals surface area contributed by atoms with Crippen molar-refractivity contribution in [2.24, 2.45) is 0 Å². The molecule has 0 bridgehead atoms. The summed E-state index contributed by atoms with van der Waals surface area (Å²) in [6.45, 7) is 9.00. The molecule has 1 heterocycles. The van der Waals surface area contributed by atoms with Crippen molar-refractivity contribution in [3.8, 4) is 0 Å². The van der Waals surface area contributed by atoms with Gasteiger partial charge in [-0.25, -0.2) is 13.1 Å². The van der Waals surface area contributed by atoms with Gasteiger partial charge in [-0.1, -0.05) is 43.3 Å². The van der Waals surface area contributed by atoms with E-state index in [2.05, 4.69) is 38.9 Å². The molecule has 0 unspecified atom stereocenters. The molecule has 2 fully saturated rings. The highest BCUT2D eigenvalue weighted by Crippen LogP contribution is 2.22. The first-order valence-electron chi connectivity index (χ1n) is 12.0. The monoisotopic (exact) mass is 482 g/mol. The first kappa shape index (κ1) is 24.6. The maximum atomic E-state index is 12.4. The summed E-state index contributed by atoms with van der Waals surface area (Å²) in [6, 6.07) is 14.9. The topological polar surface area (TPSA) is 81.8 Å². The Bertz CT molecular complexity index is 1100. The number of nitrogens with one attached hydrogen (secondary N) is 2. The molecule has 0 radical (unpaired) electrons. The molecule has 1 aliphatic heterocycles. The van der Waals surface area contributed by atoms with Crippen LogP contribution in [0.15, 0.2) is 59.5 Å². The lowest BCUT2D eigenvalue weighted by atomic mass is 10.1. The molecular formula is C26H34N4O3S. The Kier molecular flexibility index (Phi) is 8.15. The van der Waals surface area contributed by atoms with E-state index in [1.807, 2.05) is 12.1 Å². The average Bonchev–Trinajstić information content (AvgIpc) is 3.66. The van der Waals surface area contributed by atoms with Crippen LogP contribution in [0, 0.1) is 0 Å². The van der Waals surface area contributed by atoms with E-state index in [-0.39, 0.29) is 16.8 Å². The molecule has 1 aliphatic carbocycles. The Morgan fingerprint density at radius 2 is 1.62 bits per heavy atom. The van der Waals surface area contributed by atoms with Crippen LogP contribution in [0.1, 0.15) is 36.5 Å². The first-order valence-corrected chi connectivity index (χ1v) is 13.5. The van der Waals surface area contributed by atoms with E-state index in [0.717, 1.165) is 63.2 Å². The van der Waals surface area contributed by atoms with Crippen molar-refractivity contribution in [2.75, 3.05) is 32.7 Å². The van der Waals surface area contributed by atoms with Gasteiger partial charge < -0.3 is 10.2 Å². The van der Waals surface area contributed by atoms with Crippen molar-refractivity contribution < 1.29 is 13.2 Å². The molecule has 1 amide bonds. The summed E-state index contributed by atoms with van der Waals surface area (Å²) in [5.74, 6) is -0.182. The minimum absolute atomic E-state index is 0.0738. The van der Waals surface area contributed by atoms with Gasteiger partial charge in [0.25, 0.3) is 0 Å². The summed E-state index contributed by atoms with van der Waals surface area (Å²) in [6.07, 6.45) is 4.98. The first-order chi connectivity index (χ1) is 16.4. The average molecular weight is 483 g/mol. The van der Waals surface area contributed by atoms with Crippen LogP contribution in [0.3, 0.4) is 0 Å². The van der Waals surface area contributed by atoms with E-state index in [4.69, 9.17) is 0 Å². The summed E-state index contributed by atoms with van der Waals surface area (Å²) in [5.41, 5.74) is 3.14. The minimum Gasteiger partial charge on any atom is -0.348 e. The predicted molar refractivity (Wildman–Crippen MR) is 134 cm³/mol. The van der Waals surface area contributed by atoms with Gasteiger partial charge in [-0.2, -0.15) is 0 Å².